The number of aromatic nitrogens is 2. The van der Waals surface area contributed by atoms with Crippen LogP contribution in [-0.2, 0) is 11.2 Å². The first-order valence-corrected chi connectivity index (χ1v) is 10.4. The number of hydrogen-bond donors (Lipinski definition) is 2. The molecule has 2 amide bonds. The molecule has 3 aromatic heterocycles. The molecule has 0 saturated carbocycles. The van der Waals surface area contributed by atoms with Crippen LogP contribution in [-0.4, -0.2) is 28.5 Å². The summed E-state index contributed by atoms with van der Waals surface area (Å²) in [5.41, 5.74) is 8.60. The van der Waals surface area contributed by atoms with Crippen LogP contribution in [0.3, 0.4) is 0 Å². The highest BCUT2D eigenvalue weighted by Gasteiger charge is 2.23. The third-order valence-electron chi connectivity index (χ3n) is 5.49. The molecule has 0 aliphatic rings. The molecule has 4 rings (SSSR count). The Morgan fingerprint density at radius 3 is 2.52 bits per heavy atom. The fraction of sp³-hybridized carbons (Fsp3) is 0.250. The van der Waals surface area contributed by atoms with Crippen molar-refractivity contribution >= 4 is 22.9 Å². The number of halogens is 1. The molecule has 170 valence electrons. The van der Waals surface area contributed by atoms with Gasteiger partial charge in [-0.2, -0.15) is 0 Å². The van der Waals surface area contributed by atoms with Crippen molar-refractivity contribution in [2.45, 2.75) is 27.2 Å². The van der Waals surface area contributed by atoms with E-state index in [1.807, 2.05) is 19.9 Å². The van der Waals surface area contributed by atoms with Crippen LogP contribution in [0.4, 0.5) is 4.39 Å². The number of carbonyl (C=O) groups excluding carboxylic acids is 2. The Kier molecular flexibility index (Phi) is 5.95. The van der Waals surface area contributed by atoms with E-state index in [-0.39, 0.29) is 24.5 Å². The number of primary amides is 1. The van der Waals surface area contributed by atoms with E-state index in [9.17, 15) is 14.0 Å². The molecule has 0 bridgehead atoms. The zero-order valence-corrected chi connectivity index (χ0v) is 18.4. The lowest BCUT2D eigenvalue weighted by Gasteiger charge is -2.15. The van der Waals surface area contributed by atoms with E-state index in [0.717, 1.165) is 11.1 Å². The summed E-state index contributed by atoms with van der Waals surface area (Å²) in [6.07, 6.45) is 0.271. The molecule has 4 aromatic rings. The first-order valence-electron chi connectivity index (χ1n) is 10.4. The van der Waals surface area contributed by atoms with Crippen LogP contribution in [0.15, 0.2) is 45.3 Å². The SMILES string of the molecule is Cc1cc(-c2cc(C(=O)NCC(Cc3ccc(F)cc3)C(N)=O)c3c(C)noc3n2)c(C)o1. The average molecular weight is 450 g/mol. The van der Waals surface area contributed by atoms with Gasteiger partial charge >= 0.3 is 0 Å². The summed E-state index contributed by atoms with van der Waals surface area (Å²) >= 11 is 0. The van der Waals surface area contributed by atoms with E-state index in [2.05, 4.69) is 15.5 Å². The van der Waals surface area contributed by atoms with Crippen LogP contribution < -0.4 is 11.1 Å². The Balaban J connectivity index is 1.61. The van der Waals surface area contributed by atoms with Gasteiger partial charge in [-0.05, 0) is 57.0 Å². The van der Waals surface area contributed by atoms with Crippen LogP contribution >= 0.6 is 0 Å². The number of nitrogens with two attached hydrogens (primary N) is 1. The summed E-state index contributed by atoms with van der Waals surface area (Å²) in [5.74, 6) is -0.640. The zero-order valence-electron chi connectivity index (χ0n) is 18.4. The highest BCUT2D eigenvalue weighted by molar-refractivity contribution is 6.07. The number of aryl methyl sites for hydroxylation is 3. The van der Waals surface area contributed by atoms with Crippen molar-refractivity contribution in [2.75, 3.05) is 6.54 Å². The molecule has 1 atom stereocenters. The fourth-order valence-electron chi connectivity index (χ4n) is 3.79. The van der Waals surface area contributed by atoms with Crippen LogP contribution in [0.5, 0.6) is 0 Å². The van der Waals surface area contributed by atoms with E-state index in [4.69, 9.17) is 14.7 Å². The Bertz CT molecular complexity index is 1340. The lowest BCUT2D eigenvalue weighted by molar-refractivity contribution is -0.121. The van der Waals surface area contributed by atoms with Gasteiger partial charge in [-0.1, -0.05) is 17.3 Å². The molecule has 3 N–H and O–H groups in total. The first kappa shape index (κ1) is 22.2. The minimum Gasteiger partial charge on any atom is -0.466 e. The molecule has 0 fully saturated rings. The number of rotatable bonds is 7. The summed E-state index contributed by atoms with van der Waals surface area (Å²) in [7, 11) is 0. The number of fused-ring (bicyclic) bond motifs is 1. The molecule has 8 nitrogen and oxygen atoms in total. The summed E-state index contributed by atoms with van der Waals surface area (Å²) < 4.78 is 24.1. The number of amides is 2. The van der Waals surface area contributed by atoms with E-state index in [1.54, 1.807) is 25.1 Å². The van der Waals surface area contributed by atoms with Gasteiger partial charge in [-0.15, -0.1) is 0 Å². The van der Waals surface area contributed by atoms with Crippen LogP contribution in [0, 0.1) is 32.5 Å². The van der Waals surface area contributed by atoms with Gasteiger partial charge in [0.1, 0.15) is 17.3 Å². The Hall–Kier alpha value is -4.01. The number of nitrogens with one attached hydrogen (secondary N) is 1. The van der Waals surface area contributed by atoms with Gasteiger partial charge in [0.05, 0.1) is 28.3 Å². The molecule has 0 spiro atoms. The smallest absolute Gasteiger partial charge is 0.259 e. The van der Waals surface area contributed by atoms with Gasteiger partial charge in [0.2, 0.25) is 5.91 Å². The van der Waals surface area contributed by atoms with Crippen LogP contribution in [0.1, 0.15) is 33.1 Å². The third kappa shape index (κ3) is 4.62. The predicted molar refractivity (Wildman–Crippen MR) is 119 cm³/mol. The number of pyridine rings is 1. The van der Waals surface area contributed by atoms with E-state index in [0.29, 0.717) is 33.9 Å². The molecule has 1 aromatic carbocycles. The quantitative estimate of drug-likeness (QED) is 0.443. The largest absolute Gasteiger partial charge is 0.466 e. The lowest BCUT2D eigenvalue weighted by atomic mass is 9.98. The maximum atomic E-state index is 13.2. The third-order valence-corrected chi connectivity index (χ3v) is 5.49. The number of benzene rings is 1. The number of furan rings is 1. The van der Waals surface area contributed by atoms with Crippen LogP contribution in [0.25, 0.3) is 22.4 Å². The molecular formula is C24H23FN4O4. The minimum absolute atomic E-state index is 0.0128. The van der Waals surface area contributed by atoms with Gasteiger partial charge in [0.25, 0.3) is 11.6 Å². The summed E-state index contributed by atoms with van der Waals surface area (Å²) in [6, 6.07) is 9.28. The summed E-state index contributed by atoms with van der Waals surface area (Å²) in [4.78, 5) is 29.6. The van der Waals surface area contributed by atoms with Crippen molar-refractivity contribution in [2.24, 2.45) is 11.7 Å². The van der Waals surface area contributed by atoms with Crippen molar-refractivity contribution < 1.29 is 22.9 Å². The highest BCUT2D eigenvalue weighted by atomic mass is 19.1. The fourth-order valence-corrected chi connectivity index (χ4v) is 3.79. The van der Waals surface area contributed by atoms with Crippen molar-refractivity contribution in [3.63, 3.8) is 0 Å². The average Bonchev–Trinajstić information content (AvgIpc) is 3.32. The second-order valence-corrected chi connectivity index (χ2v) is 7.97. The van der Waals surface area contributed by atoms with E-state index < -0.39 is 17.7 Å². The Labute approximate surface area is 189 Å². The molecule has 0 aliphatic carbocycles. The van der Waals surface area contributed by atoms with E-state index in [1.165, 1.54) is 12.1 Å². The standard InChI is InChI=1S/C24H23FN4O4/c1-12-8-18(14(3)32-12)20-10-19(21-13(2)29-33-24(21)28-20)23(31)27-11-16(22(26)30)9-15-4-6-17(25)7-5-15/h4-8,10,16H,9,11H2,1-3H3,(H2,26,30)(H,27,31). The number of carbonyl (C=O) groups is 2. The van der Waals surface area contributed by atoms with Gasteiger partial charge in [0.15, 0.2) is 0 Å². The second-order valence-electron chi connectivity index (χ2n) is 7.97. The van der Waals surface area contributed by atoms with Crippen LogP contribution in [0.2, 0.25) is 0 Å². The molecule has 1 unspecified atom stereocenters. The van der Waals surface area contributed by atoms with E-state index >= 15 is 0 Å². The summed E-state index contributed by atoms with van der Waals surface area (Å²) in [5, 5.41) is 7.22. The normalized spacial score (nSPS) is 12.1. The van der Waals surface area contributed by atoms with Gasteiger partial charge in [-0.3, -0.25) is 9.59 Å². The molecule has 9 heteroatoms. The van der Waals surface area contributed by atoms with Gasteiger partial charge < -0.3 is 20.0 Å². The zero-order chi connectivity index (χ0) is 23.7. The second kappa shape index (κ2) is 8.85. The molecule has 33 heavy (non-hydrogen) atoms. The molecule has 0 radical (unpaired) electrons. The monoisotopic (exact) mass is 450 g/mol. The maximum Gasteiger partial charge on any atom is 0.259 e. The maximum absolute atomic E-state index is 13.2. The topological polar surface area (TPSA) is 124 Å². The van der Waals surface area contributed by atoms with Gasteiger partial charge in [-0.25, -0.2) is 9.37 Å². The molecular weight excluding hydrogens is 427 g/mol. The number of nitrogens with zero attached hydrogens (tertiary/aromatic N) is 2. The Morgan fingerprint density at radius 1 is 1.15 bits per heavy atom. The van der Waals surface area contributed by atoms with Crippen molar-refractivity contribution in [1.29, 1.82) is 0 Å². The van der Waals surface area contributed by atoms with Crippen molar-refractivity contribution in [3.05, 3.63) is 70.6 Å². The highest BCUT2D eigenvalue weighted by Crippen LogP contribution is 2.30. The van der Waals surface area contributed by atoms with Gasteiger partial charge in [0, 0.05) is 12.1 Å². The first-order chi connectivity index (χ1) is 15.7. The molecule has 0 aliphatic heterocycles. The predicted octanol–water partition coefficient (Wildman–Crippen LogP) is 3.62. The van der Waals surface area contributed by atoms with Crippen molar-refractivity contribution in [1.82, 2.24) is 15.5 Å². The molecule has 3 heterocycles. The number of hydrogen-bond acceptors (Lipinski definition) is 6. The summed E-state index contributed by atoms with van der Waals surface area (Å²) in [6.45, 7) is 5.37. The molecule has 0 saturated heterocycles. The Morgan fingerprint density at radius 2 is 1.88 bits per heavy atom. The minimum atomic E-state index is -0.668. The lowest BCUT2D eigenvalue weighted by Crippen LogP contribution is -2.37. The van der Waals surface area contributed by atoms with Crippen molar-refractivity contribution in [3.8, 4) is 11.3 Å².